The van der Waals surface area contributed by atoms with E-state index in [1.165, 1.54) is 31.7 Å². The summed E-state index contributed by atoms with van der Waals surface area (Å²) >= 11 is 0. The van der Waals surface area contributed by atoms with E-state index in [9.17, 15) is 9.65 Å². The largest absolute Gasteiger partial charge is 0.330 e. The molecule has 0 radical (unpaired) electrons. The average molecular weight is 417 g/mol. The van der Waals surface area contributed by atoms with E-state index in [2.05, 4.69) is 17.0 Å². The molecule has 0 aromatic carbocycles. The molecule has 0 bridgehead atoms. The highest BCUT2D eigenvalue weighted by Crippen LogP contribution is 2.40. The monoisotopic (exact) mass is 416 g/mol. The number of aromatic nitrogens is 3. The summed E-state index contributed by atoms with van der Waals surface area (Å²) < 4.78 is 16.6. The molecule has 1 fully saturated rings. The minimum atomic E-state index is -0.706. The summed E-state index contributed by atoms with van der Waals surface area (Å²) in [7, 11) is 0. The van der Waals surface area contributed by atoms with Gasteiger partial charge in [-0.1, -0.05) is 25.8 Å². The Morgan fingerprint density at radius 3 is 2.77 bits per heavy atom. The van der Waals surface area contributed by atoms with Gasteiger partial charge in [-0.25, -0.2) is 9.37 Å². The molecule has 31 heavy (non-hydrogen) atoms. The van der Waals surface area contributed by atoms with Crippen molar-refractivity contribution in [3.63, 3.8) is 0 Å². The summed E-state index contributed by atoms with van der Waals surface area (Å²) in [4.78, 5) is 11.4. The van der Waals surface area contributed by atoms with Crippen molar-refractivity contribution in [2.45, 2.75) is 51.6 Å². The molecular formula is C24H25FN6. The van der Waals surface area contributed by atoms with Crippen LogP contribution < -0.4 is 0 Å². The topological polar surface area (TPSA) is 70.1 Å². The third kappa shape index (κ3) is 3.46. The van der Waals surface area contributed by atoms with Gasteiger partial charge in [-0.3, -0.25) is 9.67 Å². The number of hydrogen-bond acceptors (Lipinski definition) is 5. The molecule has 5 rings (SSSR count). The summed E-state index contributed by atoms with van der Waals surface area (Å²) in [6, 6.07) is 3.29. The molecule has 3 aliphatic rings. The number of aliphatic imine (C=N–C) groups is 1. The smallest absolute Gasteiger partial charge is 0.176 e. The quantitative estimate of drug-likeness (QED) is 0.733. The summed E-state index contributed by atoms with van der Waals surface area (Å²) in [5.74, 6) is 0.217. The summed E-state index contributed by atoms with van der Waals surface area (Å²) in [6.07, 6.45) is 16.5. The number of nitrogens with zero attached hydrogens (tertiary/aromatic N) is 6. The first-order valence-electron chi connectivity index (χ1n) is 10.7. The van der Waals surface area contributed by atoms with Crippen LogP contribution in [0, 0.1) is 22.6 Å². The molecule has 7 heteroatoms. The van der Waals surface area contributed by atoms with Gasteiger partial charge in [0.25, 0.3) is 0 Å². The zero-order chi connectivity index (χ0) is 21.6. The van der Waals surface area contributed by atoms with E-state index >= 15 is 0 Å². The normalized spacial score (nSPS) is 23.7. The van der Waals surface area contributed by atoms with Crippen LogP contribution in [0.4, 0.5) is 4.39 Å². The van der Waals surface area contributed by atoms with Crippen molar-refractivity contribution >= 4 is 5.84 Å². The van der Waals surface area contributed by atoms with Crippen molar-refractivity contribution in [2.24, 2.45) is 10.4 Å². The van der Waals surface area contributed by atoms with Crippen molar-refractivity contribution in [3.05, 3.63) is 60.1 Å². The number of pyridine rings is 1. The molecule has 0 spiro atoms. The second-order valence-electron chi connectivity index (χ2n) is 9.34. The second-order valence-corrected chi connectivity index (χ2v) is 9.34. The predicted molar refractivity (Wildman–Crippen MR) is 116 cm³/mol. The van der Waals surface area contributed by atoms with Crippen molar-refractivity contribution in [1.82, 2.24) is 19.7 Å². The maximum atomic E-state index is 14.6. The summed E-state index contributed by atoms with van der Waals surface area (Å²) in [6.45, 7) is 5.71. The molecule has 158 valence electrons. The van der Waals surface area contributed by atoms with Crippen molar-refractivity contribution in [2.75, 3.05) is 6.54 Å². The van der Waals surface area contributed by atoms with Crippen LogP contribution >= 0.6 is 0 Å². The van der Waals surface area contributed by atoms with Crippen LogP contribution in [0.5, 0.6) is 0 Å². The average Bonchev–Trinajstić information content (AvgIpc) is 3.46. The van der Waals surface area contributed by atoms with E-state index in [4.69, 9.17) is 4.99 Å². The van der Waals surface area contributed by atoms with Crippen molar-refractivity contribution in [1.29, 1.82) is 5.26 Å². The highest BCUT2D eigenvalue weighted by molar-refractivity contribution is 5.97. The Morgan fingerprint density at radius 2 is 2.03 bits per heavy atom. The number of amidine groups is 1. The predicted octanol–water partition coefficient (Wildman–Crippen LogP) is 4.55. The first kappa shape index (κ1) is 19.7. The Kier molecular flexibility index (Phi) is 4.54. The molecule has 2 aromatic rings. The molecule has 1 saturated carbocycles. The van der Waals surface area contributed by atoms with E-state index in [0.29, 0.717) is 17.8 Å². The van der Waals surface area contributed by atoms with Gasteiger partial charge in [-0.2, -0.15) is 10.4 Å². The molecular weight excluding hydrogens is 391 g/mol. The van der Waals surface area contributed by atoms with Crippen LogP contribution in [0.15, 0.2) is 47.9 Å². The second kappa shape index (κ2) is 7.16. The van der Waals surface area contributed by atoms with Crippen LogP contribution in [-0.4, -0.2) is 32.0 Å². The Balaban J connectivity index is 1.56. The standard InChI is InChI=1S/C24H25FN6/c1-23(8-4-5-9-23)15-31-14-17(13-27-31)18-11-19(25)20(12-26)28-22(18)24(2)16-30-10-6-3-7-21(30)29-24/h3,6-7,10-11,13-14H,4-5,8-9,15-16H2,1-2H3. The number of allylic oxidation sites excluding steroid dienone is 2. The lowest BCUT2D eigenvalue weighted by molar-refractivity contribution is 0.268. The van der Waals surface area contributed by atoms with Crippen molar-refractivity contribution < 1.29 is 4.39 Å². The van der Waals surface area contributed by atoms with Crippen LogP contribution in [-0.2, 0) is 12.1 Å². The van der Waals surface area contributed by atoms with Crippen LogP contribution in [0.3, 0.4) is 0 Å². The van der Waals surface area contributed by atoms with E-state index in [1.807, 2.05) is 53.2 Å². The molecule has 6 nitrogen and oxygen atoms in total. The summed E-state index contributed by atoms with van der Waals surface area (Å²) in [5, 5.41) is 14.0. The maximum absolute atomic E-state index is 14.6. The van der Waals surface area contributed by atoms with Gasteiger partial charge in [-0.15, -0.1) is 0 Å². The lowest BCUT2D eigenvalue weighted by Gasteiger charge is -2.25. The fourth-order valence-corrected chi connectivity index (χ4v) is 5.01. The van der Waals surface area contributed by atoms with Gasteiger partial charge in [0.1, 0.15) is 17.4 Å². The van der Waals surface area contributed by atoms with E-state index in [0.717, 1.165) is 17.9 Å². The van der Waals surface area contributed by atoms with Crippen LogP contribution in [0.2, 0.25) is 0 Å². The molecule has 0 N–H and O–H groups in total. The molecule has 4 heterocycles. The molecule has 1 aliphatic carbocycles. The summed E-state index contributed by atoms with van der Waals surface area (Å²) in [5.41, 5.74) is 1.38. The Labute approximate surface area is 181 Å². The minimum Gasteiger partial charge on any atom is -0.330 e. The molecule has 0 amide bonds. The zero-order valence-corrected chi connectivity index (χ0v) is 17.8. The van der Waals surface area contributed by atoms with Gasteiger partial charge in [0.15, 0.2) is 11.5 Å². The molecule has 0 saturated heterocycles. The molecule has 2 aliphatic heterocycles. The first-order chi connectivity index (χ1) is 14.9. The van der Waals surface area contributed by atoms with Crippen LogP contribution in [0.1, 0.15) is 50.9 Å². The Hall–Kier alpha value is -3.27. The van der Waals surface area contributed by atoms with Gasteiger partial charge in [0.05, 0.1) is 18.4 Å². The number of rotatable bonds is 4. The number of halogens is 1. The fourth-order valence-electron chi connectivity index (χ4n) is 5.01. The van der Waals surface area contributed by atoms with Crippen LogP contribution in [0.25, 0.3) is 11.1 Å². The van der Waals surface area contributed by atoms with Gasteiger partial charge < -0.3 is 4.90 Å². The molecule has 1 unspecified atom stereocenters. The zero-order valence-electron chi connectivity index (χ0n) is 17.8. The third-order valence-corrected chi connectivity index (χ3v) is 6.65. The highest BCUT2D eigenvalue weighted by atomic mass is 19.1. The van der Waals surface area contributed by atoms with Gasteiger partial charge >= 0.3 is 0 Å². The molecule has 2 aromatic heterocycles. The SMILES string of the molecule is CC1(Cn2cc(-c3cc(F)c(C#N)nc3C3(C)CN4C=CC=CC4=N3)cn2)CCCC1. The van der Waals surface area contributed by atoms with Crippen molar-refractivity contribution in [3.8, 4) is 17.2 Å². The van der Waals surface area contributed by atoms with Gasteiger partial charge in [-0.05, 0) is 43.4 Å². The lowest BCUT2D eigenvalue weighted by atomic mass is 9.89. The van der Waals surface area contributed by atoms with E-state index < -0.39 is 11.4 Å². The third-order valence-electron chi connectivity index (χ3n) is 6.65. The molecule has 1 atom stereocenters. The van der Waals surface area contributed by atoms with Gasteiger partial charge in [0.2, 0.25) is 0 Å². The lowest BCUT2D eigenvalue weighted by Crippen LogP contribution is -2.30. The van der Waals surface area contributed by atoms with Gasteiger partial charge in [0, 0.05) is 30.1 Å². The highest BCUT2D eigenvalue weighted by Gasteiger charge is 2.40. The minimum absolute atomic E-state index is 0.206. The Morgan fingerprint density at radius 1 is 1.23 bits per heavy atom. The number of fused-ring (bicyclic) bond motifs is 1. The van der Waals surface area contributed by atoms with E-state index in [-0.39, 0.29) is 11.1 Å². The van der Waals surface area contributed by atoms with E-state index in [1.54, 1.807) is 6.20 Å². The fraction of sp³-hybridized carbons (Fsp3) is 0.417. The number of nitriles is 1. The first-order valence-corrected chi connectivity index (χ1v) is 10.7. The maximum Gasteiger partial charge on any atom is 0.176 e. The Bertz CT molecular complexity index is 1160. The number of hydrogen-bond donors (Lipinski definition) is 0.